The van der Waals surface area contributed by atoms with Crippen molar-refractivity contribution < 1.29 is 14.5 Å². The lowest BCUT2D eigenvalue weighted by Gasteiger charge is -2.09. The van der Waals surface area contributed by atoms with Crippen LogP contribution in [0.25, 0.3) is 16.6 Å². The summed E-state index contributed by atoms with van der Waals surface area (Å²) in [4.78, 5) is 27.1. The third-order valence-corrected chi connectivity index (χ3v) is 4.59. The lowest BCUT2D eigenvalue weighted by molar-refractivity contribution is -0.384. The Morgan fingerprint density at radius 1 is 1.13 bits per heavy atom. The van der Waals surface area contributed by atoms with Crippen LogP contribution in [-0.4, -0.2) is 38.7 Å². The Labute approximate surface area is 177 Å². The molecule has 0 radical (unpaired) electrons. The van der Waals surface area contributed by atoms with Crippen LogP contribution in [0.3, 0.4) is 0 Å². The summed E-state index contributed by atoms with van der Waals surface area (Å²) >= 11 is 0. The van der Waals surface area contributed by atoms with Crippen molar-refractivity contribution in [3.63, 3.8) is 0 Å². The molecule has 0 saturated heterocycles. The smallest absolute Gasteiger partial charge is 0.271 e. The molecule has 0 aliphatic carbocycles. The second-order valence-electron chi connectivity index (χ2n) is 6.71. The van der Waals surface area contributed by atoms with E-state index in [1.165, 1.54) is 16.8 Å². The van der Waals surface area contributed by atoms with Crippen LogP contribution in [0.4, 0.5) is 5.69 Å². The molecule has 0 aliphatic heterocycles. The molecule has 0 aliphatic rings. The molecule has 1 amide bonds. The first kappa shape index (κ1) is 20.0. The Kier molecular flexibility index (Phi) is 5.84. The fraction of sp³-hybridized carbons (Fsp3) is 0.136. The Hall–Kier alpha value is -4.27. The second kappa shape index (κ2) is 9.04. The van der Waals surface area contributed by atoms with E-state index in [1.807, 2.05) is 30.3 Å². The largest absolute Gasteiger partial charge is 0.491 e. The number of fused-ring (bicyclic) bond motifs is 1. The normalized spacial score (nSPS) is 10.7. The molecule has 2 aromatic carbocycles. The third-order valence-electron chi connectivity index (χ3n) is 4.59. The lowest BCUT2D eigenvalue weighted by Crippen LogP contribution is -2.26. The number of nitro benzene ring substituents is 1. The zero-order chi connectivity index (χ0) is 21.6. The van der Waals surface area contributed by atoms with Crippen molar-refractivity contribution in [2.24, 2.45) is 0 Å². The Balaban J connectivity index is 1.29. The molecule has 9 heteroatoms. The molecule has 0 atom stereocenters. The van der Waals surface area contributed by atoms with Crippen LogP contribution >= 0.6 is 0 Å². The SMILES string of the molecule is O=C(NCCCOc1cccc2cccnc12)c1ccn(-c2cccc([N+](=O)[O-])c2)n1. The molecule has 0 spiro atoms. The minimum atomic E-state index is -0.475. The number of nitro groups is 1. The minimum Gasteiger partial charge on any atom is -0.491 e. The second-order valence-corrected chi connectivity index (χ2v) is 6.71. The van der Waals surface area contributed by atoms with Gasteiger partial charge in [-0.15, -0.1) is 0 Å². The number of hydrogen-bond donors (Lipinski definition) is 1. The monoisotopic (exact) mass is 417 g/mol. The molecule has 0 fully saturated rings. The lowest BCUT2D eigenvalue weighted by atomic mass is 10.2. The van der Waals surface area contributed by atoms with E-state index in [-0.39, 0.29) is 17.3 Å². The van der Waals surface area contributed by atoms with Gasteiger partial charge in [-0.1, -0.05) is 24.3 Å². The highest BCUT2D eigenvalue weighted by Gasteiger charge is 2.12. The molecule has 2 heterocycles. The van der Waals surface area contributed by atoms with Crippen molar-refractivity contribution in [1.29, 1.82) is 0 Å². The quantitative estimate of drug-likeness (QED) is 0.267. The van der Waals surface area contributed by atoms with Crippen LogP contribution in [0, 0.1) is 10.1 Å². The summed E-state index contributed by atoms with van der Waals surface area (Å²) < 4.78 is 7.24. The van der Waals surface area contributed by atoms with Gasteiger partial charge in [0.25, 0.3) is 11.6 Å². The maximum atomic E-state index is 12.3. The Morgan fingerprint density at radius 2 is 1.97 bits per heavy atom. The number of carbonyl (C=O) groups excluding carboxylic acids is 1. The molecular weight excluding hydrogens is 398 g/mol. The molecule has 9 nitrogen and oxygen atoms in total. The molecule has 4 rings (SSSR count). The molecule has 4 aromatic rings. The van der Waals surface area contributed by atoms with Gasteiger partial charge in [0.05, 0.1) is 17.2 Å². The molecule has 31 heavy (non-hydrogen) atoms. The van der Waals surface area contributed by atoms with E-state index in [0.29, 0.717) is 31.0 Å². The molecule has 0 saturated carbocycles. The van der Waals surface area contributed by atoms with E-state index in [9.17, 15) is 14.9 Å². The van der Waals surface area contributed by atoms with E-state index in [1.54, 1.807) is 30.6 Å². The number of carbonyl (C=O) groups is 1. The topological polar surface area (TPSA) is 112 Å². The van der Waals surface area contributed by atoms with Crippen molar-refractivity contribution >= 4 is 22.5 Å². The van der Waals surface area contributed by atoms with Crippen molar-refractivity contribution in [3.8, 4) is 11.4 Å². The van der Waals surface area contributed by atoms with Crippen molar-refractivity contribution in [2.75, 3.05) is 13.2 Å². The third kappa shape index (κ3) is 4.67. The highest BCUT2D eigenvalue weighted by atomic mass is 16.6. The first-order valence-corrected chi connectivity index (χ1v) is 9.67. The van der Waals surface area contributed by atoms with Crippen LogP contribution < -0.4 is 10.1 Å². The fourth-order valence-electron chi connectivity index (χ4n) is 3.08. The van der Waals surface area contributed by atoms with Crippen molar-refractivity contribution in [1.82, 2.24) is 20.1 Å². The predicted octanol–water partition coefficient (Wildman–Crippen LogP) is 3.53. The van der Waals surface area contributed by atoms with Gasteiger partial charge in [0.2, 0.25) is 0 Å². The number of non-ortho nitro benzene ring substituents is 1. The fourth-order valence-corrected chi connectivity index (χ4v) is 3.08. The number of nitrogens with zero attached hydrogens (tertiary/aromatic N) is 4. The first-order valence-electron chi connectivity index (χ1n) is 9.67. The van der Waals surface area contributed by atoms with Gasteiger partial charge in [-0.25, -0.2) is 4.68 Å². The summed E-state index contributed by atoms with van der Waals surface area (Å²) in [5, 5.41) is 18.9. The minimum absolute atomic E-state index is 0.0413. The van der Waals surface area contributed by atoms with E-state index in [4.69, 9.17) is 4.74 Å². The van der Waals surface area contributed by atoms with E-state index >= 15 is 0 Å². The van der Waals surface area contributed by atoms with Crippen LogP contribution in [0.5, 0.6) is 5.75 Å². The summed E-state index contributed by atoms with van der Waals surface area (Å²) in [6.45, 7) is 0.846. The summed E-state index contributed by atoms with van der Waals surface area (Å²) in [7, 11) is 0. The number of nitrogens with one attached hydrogen (secondary N) is 1. The molecule has 2 aromatic heterocycles. The predicted molar refractivity (Wildman–Crippen MR) is 114 cm³/mol. The highest BCUT2D eigenvalue weighted by Crippen LogP contribution is 2.23. The van der Waals surface area contributed by atoms with Crippen LogP contribution in [-0.2, 0) is 0 Å². The summed E-state index contributed by atoms with van der Waals surface area (Å²) in [6, 6.07) is 17.2. The number of para-hydroxylation sites is 1. The van der Waals surface area contributed by atoms with E-state index in [2.05, 4.69) is 15.4 Å². The summed E-state index contributed by atoms with van der Waals surface area (Å²) in [5.74, 6) is 0.385. The maximum absolute atomic E-state index is 12.3. The van der Waals surface area contributed by atoms with Gasteiger partial charge in [-0.2, -0.15) is 5.10 Å². The average Bonchev–Trinajstić information content (AvgIpc) is 3.29. The van der Waals surface area contributed by atoms with Gasteiger partial charge < -0.3 is 10.1 Å². The zero-order valence-electron chi connectivity index (χ0n) is 16.5. The van der Waals surface area contributed by atoms with Crippen LogP contribution in [0.1, 0.15) is 16.9 Å². The van der Waals surface area contributed by atoms with Gasteiger partial charge in [-0.3, -0.25) is 19.9 Å². The highest BCUT2D eigenvalue weighted by molar-refractivity contribution is 5.92. The number of benzene rings is 2. The molecular formula is C22H19N5O4. The molecule has 156 valence electrons. The standard InChI is InChI=1S/C22H19N5O4/c28-22(19-10-13-26(25-19)17-7-2-8-18(15-17)27(29)30)24-12-4-14-31-20-9-1-5-16-6-3-11-23-21(16)20/h1-3,5-11,13,15H,4,12,14H2,(H,24,28). The van der Waals surface area contributed by atoms with Gasteiger partial charge in [0, 0.05) is 36.5 Å². The van der Waals surface area contributed by atoms with E-state index in [0.717, 1.165) is 10.9 Å². The number of aromatic nitrogens is 3. The van der Waals surface area contributed by atoms with Crippen molar-refractivity contribution in [3.05, 3.63) is 88.9 Å². The van der Waals surface area contributed by atoms with Gasteiger partial charge in [0.1, 0.15) is 11.3 Å². The maximum Gasteiger partial charge on any atom is 0.271 e. The van der Waals surface area contributed by atoms with Gasteiger partial charge in [0.15, 0.2) is 5.69 Å². The van der Waals surface area contributed by atoms with Crippen LogP contribution in [0.2, 0.25) is 0 Å². The summed E-state index contributed by atoms with van der Waals surface area (Å²) in [6.07, 6.45) is 3.92. The van der Waals surface area contributed by atoms with Crippen molar-refractivity contribution in [2.45, 2.75) is 6.42 Å². The summed E-state index contributed by atoms with van der Waals surface area (Å²) in [5.41, 5.74) is 1.50. The number of amides is 1. The Morgan fingerprint density at radius 3 is 2.84 bits per heavy atom. The average molecular weight is 417 g/mol. The molecule has 1 N–H and O–H groups in total. The number of hydrogen-bond acceptors (Lipinski definition) is 6. The Bertz CT molecular complexity index is 1230. The van der Waals surface area contributed by atoms with Gasteiger partial charge in [-0.05, 0) is 30.7 Å². The number of rotatable bonds is 8. The van der Waals surface area contributed by atoms with Crippen LogP contribution in [0.15, 0.2) is 73.1 Å². The number of pyridine rings is 1. The van der Waals surface area contributed by atoms with Gasteiger partial charge >= 0.3 is 0 Å². The first-order chi connectivity index (χ1) is 15.1. The molecule has 0 unspecified atom stereocenters. The zero-order valence-corrected chi connectivity index (χ0v) is 16.5. The molecule has 0 bridgehead atoms. The number of ether oxygens (including phenoxy) is 1. The van der Waals surface area contributed by atoms with E-state index < -0.39 is 4.92 Å².